The fraction of sp³-hybridized carbons (Fsp3) is 0.222. The smallest absolute Gasteiger partial charge is 0.344 e. The number of nitrogens with zero attached hydrogens (tertiary/aromatic N) is 1. The van der Waals surface area contributed by atoms with Crippen molar-refractivity contribution in [2.45, 2.75) is 6.42 Å². The zero-order chi connectivity index (χ0) is 18.5. The molecule has 2 aromatic carbocycles. The molecule has 3 rings (SSSR count). The van der Waals surface area contributed by atoms with Gasteiger partial charge in [0.05, 0.1) is 11.5 Å². The summed E-state index contributed by atoms with van der Waals surface area (Å²) >= 11 is 0. The Balaban J connectivity index is 1.51. The number of esters is 1. The number of benzene rings is 2. The van der Waals surface area contributed by atoms with E-state index in [-0.39, 0.29) is 17.2 Å². The zero-order valence-electron chi connectivity index (χ0n) is 13.7. The minimum atomic E-state index is -0.791. The van der Waals surface area contributed by atoms with Crippen LogP contribution in [-0.4, -0.2) is 36.5 Å². The van der Waals surface area contributed by atoms with Crippen molar-refractivity contribution in [1.29, 1.82) is 0 Å². The van der Waals surface area contributed by atoms with Crippen molar-refractivity contribution in [2.75, 3.05) is 19.8 Å². The Morgan fingerprint density at radius 3 is 2.77 bits per heavy atom. The summed E-state index contributed by atoms with van der Waals surface area (Å²) in [6, 6.07) is 10.7. The maximum Gasteiger partial charge on any atom is 0.344 e. The van der Waals surface area contributed by atoms with Crippen LogP contribution in [-0.2, 0) is 16.0 Å². The molecule has 0 atom stereocenters. The molecule has 0 unspecified atom stereocenters. The van der Waals surface area contributed by atoms with Gasteiger partial charge in [0, 0.05) is 18.1 Å². The van der Waals surface area contributed by atoms with E-state index in [2.05, 4.69) is 0 Å². The summed E-state index contributed by atoms with van der Waals surface area (Å²) in [6.07, 6.45) is 0.736. The maximum absolute atomic E-state index is 12.1. The first-order valence-electron chi connectivity index (χ1n) is 7.85. The minimum Gasteiger partial charge on any atom is -0.493 e. The summed E-state index contributed by atoms with van der Waals surface area (Å²) in [5.74, 6) is -0.421. The van der Waals surface area contributed by atoms with Crippen molar-refractivity contribution in [2.24, 2.45) is 0 Å². The molecule has 0 aliphatic carbocycles. The van der Waals surface area contributed by atoms with Gasteiger partial charge < -0.3 is 14.2 Å². The molecule has 0 amide bonds. The summed E-state index contributed by atoms with van der Waals surface area (Å²) in [4.78, 5) is 34.1. The molecule has 0 bridgehead atoms. The van der Waals surface area contributed by atoms with Crippen LogP contribution >= 0.6 is 0 Å². The highest BCUT2D eigenvalue weighted by Crippen LogP contribution is 2.26. The van der Waals surface area contributed by atoms with Crippen LogP contribution in [0.15, 0.2) is 42.5 Å². The minimum absolute atomic E-state index is 0.0422. The molecule has 8 heteroatoms. The molecule has 1 aliphatic rings. The Morgan fingerprint density at radius 1 is 1.15 bits per heavy atom. The number of Topliss-reactive ketones (excluding diaryl/α,β-unsaturated/α-hetero) is 1. The number of nitro groups is 1. The van der Waals surface area contributed by atoms with Gasteiger partial charge in [-0.3, -0.25) is 14.9 Å². The van der Waals surface area contributed by atoms with Crippen LogP contribution in [0.25, 0.3) is 0 Å². The average Bonchev–Trinajstić information content (AvgIpc) is 3.12. The number of nitro benzene ring substituents is 1. The van der Waals surface area contributed by atoms with E-state index in [0.717, 1.165) is 17.7 Å². The second-order valence-corrected chi connectivity index (χ2v) is 5.52. The van der Waals surface area contributed by atoms with Crippen LogP contribution in [0.4, 0.5) is 5.69 Å². The maximum atomic E-state index is 12.1. The van der Waals surface area contributed by atoms with Crippen molar-refractivity contribution in [3.63, 3.8) is 0 Å². The number of rotatable bonds is 7. The quantitative estimate of drug-likeness (QED) is 0.324. The van der Waals surface area contributed by atoms with E-state index < -0.39 is 24.1 Å². The number of fused-ring (bicyclic) bond motifs is 1. The van der Waals surface area contributed by atoms with Gasteiger partial charge in [0.2, 0.25) is 0 Å². The van der Waals surface area contributed by atoms with Crippen molar-refractivity contribution in [3.05, 3.63) is 63.7 Å². The Kier molecular flexibility index (Phi) is 5.12. The van der Waals surface area contributed by atoms with E-state index in [0.29, 0.717) is 12.2 Å². The third kappa shape index (κ3) is 3.97. The molecule has 2 aromatic rings. The number of ether oxygens (including phenoxy) is 3. The van der Waals surface area contributed by atoms with Gasteiger partial charge in [-0.2, -0.15) is 0 Å². The summed E-state index contributed by atoms with van der Waals surface area (Å²) in [5.41, 5.74) is 1.13. The molecule has 0 spiro atoms. The molecular weight excluding hydrogens is 342 g/mol. The van der Waals surface area contributed by atoms with E-state index in [1.165, 1.54) is 18.2 Å². The topological polar surface area (TPSA) is 105 Å². The third-order valence-corrected chi connectivity index (χ3v) is 3.78. The van der Waals surface area contributed by atoms with Gasteiger partial charge in [-0.05, 0) is 29.8 Å². The van der Waals surface area contributed by atoms with Gasteiger partial charge in [-0.15, -0.1) is 0 Å². The lowest BCUT2D eigenvalue weighted by Gasteiger charge is -2.07. The van der Waals surface area contributed by atoms with E-state index in [9.17, 15) is 19.7 Å². The standard InChI is InChI=1S/C18H15NO7/c20-15(12-5-6-16-13(9-12)7-8-24-16)10-26-18(21)11-25-17-4-2-1-3-14(17)19(22)23/h1-6,9H,7-8,10-11H2. The predicted molar refractivity (Wildman–Crippen MR) is 89.5 cm³/mol. The fourth-order valence-electron chi connectivity index (χ4n) is 2.50. The van der Waals surface area contributed by atoms with Crippen LogP contribution in [0.3, 0.4) is 0 Å². The van der Waals surface area contributed by atoms with Crippen LogP contribution in [0, 0.1) is 10.1 Å². The molecule has 0 saturated heterocycles. The van der Waals surface area contributed by atoms with Gasteiger partial charge in [-0.1, -0.05) is 12.1 Å². The Labute approximate surface area is 148 Å². The summed E-state index contributed by atoms with van der Waals surface area (Å²) in [5, 5.41) is 10.9. The summed E-state index contributed by atoms with van der Waals surface area (Å²) in [7, 11) is 0. The number of carbonyl (C=O) groups is 2. The van der Waals surface area contributed by atoms with Crippen LogP contribution < -0.4 is 9.47 Å². The highest BCUT2D eigenvalue weighted by atomic mass is 16.6. The average molecular weight is 357 g/mol. The van der Waals surface area contributed by atoms with E-state index in [1.54, 1.807) is 24.3 Å². The summed E-state index contributed by atoms with van der Waals surface area (Å²) < 4.78 is 15.4. The lowest BCUT2D eigenvalue weighted by atomic mass is 10.1. The van der Waals surface area contributed by atoms with Crippen LogP contribution in [0.2, 0.25) is 0 Å². The van der Waals surface area contributed by atoms with E-state index >= 15 is 0 Å². The Morgan fingerprint density at radius 2 is 1.96 bits per heavy atom. The molecule has 0 saturated carbocycles. The summed E-state index contributed by atoms with van der Waals surface area (Å²) in [6.45, 7) is -0.375. The predicted octanol–water partition coefficient (Wildman–Crippen LogP) is 2.33. The molecule has 1 aliphatic heterocycles. The SMILES string of the molecule is O=C(COc1ccccc1[N+](=O)[O-])OCC(=O)c1ccc2c(c1)CCO2. The number of carbonyl (C=O) groups excluding carboxylic acids is 2. The van der Waals surface area contributed by atoms with Gasteiger partial charge in [0.1, 0.15) is 5.75 Å². The molecule has 0 fully saturated rings. The molecule has 0 N–H and O–H groups in total. The largest absolute Gasteiger partial charge is 0.493 e. The number of para-hydroxylation sites is 2. The highest BCUT2D eigenvalue weighted by Gasteiger charge is 2.18. The first-order valence-corrected chi connectivity index (χ1v) is 7.85. The first-order chi connectivity index (χ1) is 12.5. The molecular formula is C18H15NO7. The fourth-order valence-corrected chi connectivity index (χ4v) is 2.50. The van der Waals surface area contributed by atoms with Gasteiger partial charge >= 0.3 is 11.7 Å². The third-order valence-electron chi connectivity index (χ3n) is 3.78. The second-order valence-electron chi connectivity index (χ2n) is 5.52. The number of ketones is 1. The zero-order valence-corrected chi connectivity index (χ0v) is 13.7. The van der Waals surface area contributed by atoms with Gasteiger partial charge in [0.25, 0.3) is 0 Å². The Bertz CT molecular complexity index is 862. The first kappa shape index (κ1) is 17.4. The van der Waals surface area contributed by atoms with Crippen molar-refractivity contribution in [1.82, 2.24) is 0 Å². The second kappa shape index (κ2) is 7.64. The highest BCUT2D eigenvalue weighted by molar-refractivity contribution is 5.98. The van der Waals surface area contributed by atoms with Crippen LogP contribution in [0.5, 0.6) is 11.5 Å². The Hall–Kier alpha value is -3.42. The van der Waals surface area contributed by atoms with Crippen molar-refractivity contribution in [3.8, 4) is 11.5 Å². The lowest BCUT2D eigenvalue weighted by Crippen LogP contribution is -2.19. The monoisotopic (exact) mass is 357 g/mol. The molecule has 1 heterocycles. The van der Waals surface area contributed by atoms with Gasteiger partial charge in [-0.25, -0.2) is 4.79 Å². The van der Waals surface area contributed by atoms with Gasteiger partial charge in [0.15, 0.2) is 24.7 Å². The molecule has 0 radical (unpaired) electrons. The van der Waals surface area contributed by atoms with Crippen molar-refractivity contribution < 1.29 is 28.7 Å². The van der Waals surface area contributed by atoms with Crippen LogP contribution in [0.1, 0.15) is 15.9 Å². The molecule has 26 heavy (non-hydrogen) atoms. The van der Waals surface area contributed by atoms with E-state index in [4.69, 9.17) is 14.2 Å². The molecule has 0 aromatic heterocycles. The van der Waals surface area contributed by atoms with Crippen molar-refractivity contribution >= 4 is 17.4 Å². The number of hydrogen-bond acceptors (Lipinski definition) is 7. The molecule has 134 valence electrons. The normalized spacial score (nSPS) is 12.0. The van der Waals surface area contributed by atoms with E-state index in [1.807, 2.05) is 0 Å². The lowest BCUT2D eigenvalue weighted by molar-refractivity contribution is -0.385. The molecule has 8 nitrogen and oxygen atoms in total. The number of hydrogen-bond donors (Lipinski definition) is 0.